The number of benzene rings is 2. The van der Waals surface area contributed by atoms with Crippen LogP contribution in [0.4, 0.5) is 11.4 Å². The zero-order valence-electron chi connectivity index (χ0n) is 17.8. The Labute approximate surface area is 184 Å². The number of ether oxygens (including phenoxy) is 1. The van der Waals surface area contributed by atoms with Crippen LogP contribution in [0.25, 0.3) is 0 Å². The summed E-state index contributed by atoms with van der Waals surface area (Å²) >= 11 is 5.32. The summed E-state index contributed by atoms with van der Waals surface area (Å²) in [6, 6.07) is 15.9. The summed E-state index contributed by atoms with van der Waals surface area (Å²) in [5.74, 6) is 0.435. The Balaban J connectivity index is 1.53. The molecule has 2 aromatic carbocycles. The van der Waals surface area contributed by atoms with Crippen molar-refractivity contribution in [3.05, 3.63) is 54.1 Å². The highest BCUT2D eigenvalue weighted by Crippen LogP contribution is 2.25. The third-order valence-electron chi connectivity index (χ3n) is 5.35. The molecule has 1 unspecified atom stereocenters. The van der Waals surface area contributed by atoms with E-state index in [1.54, 1.807) is 12.1 Å². The quantitative estimate of drug-likeness (QED) is 0.461. The molecule has 2 N–H and O–H groups in total. The van der Waals surface area contributed by atoms with E-state index >= 15 is 0 Å². The lowest BCUT2D eigenvalue weighted by atomic mass is 10.0. The number of carbonyl (C=O) groups excluding carboxylic acids is 1. The van der Waals surface area contributed by atoms with E-state index in [1.165, 1.54) is 24.9 Å². The Kier molecular flexibility index (Phi) is 8.08. The van der Waals surface area contributed by atoms with E-state index in [-0.39, 0.29) is 11.0 Å². The largest absolute Gasteiger partial charge is 0.494 e. The van der Waals surface area contributed by atoms with Crippen LogP contribution in [0.1, 0.15) is 56.3 Å². The van der Waals surface area contributed by atoms with E-state index in [9.17, 15) is 4.79 Å². The van der Waals surface area contributed by atoms with Crippen LogP contribution in [0.15, 0.2) is 48.5 Å². The summed E-state index contributed by atoms with van der Waals surface area (Å²) in [6.45, 7) is 6.14. The zero-order chi connectivity index (χ0) is 21.3. The highest BCUT2D eigenvalue weighted by atomic mass is 32.1. The molecule has 1 heterocycles. The topological polar surface area (TPSA) is 53.6 Å². The van der Waals surface area contributed by atoms with Crippen LogP contribution in [0.3, 0.4) is 0 Å². The van der Waals surface area contributed by atoms with Crippen molar-refractivity contribution in [2.45, 2.75) is 52.0 Å². The summed E-state index contributed by atoms with van der Waals surface area (Å²) in [4.78, 5) is 15.0. The van der Waals surface area contributed by atoms with E-state index in [1.807, 2.05) is 24.3 Å². The highest BCUT2D eigenvalue weighted by molar-refractivity contribution is 7.80. The number of piperidine rings is 1. The van der Waals surface area contributed by atoms with E-state index in [0.29, 0.717) is 24.0 Å². The smallest absolute Gasteiger partial charge is 0.257 e. The van der Waals surface area contributed by atoms with Crippen LogP contribution in [0.5, 0.6) is 5.75 Å². The molecule has 1 aliphatic rings. The number of nitrogens with one attached hydrogen (secondary N) is 2. The number of thiocarbonyl (C=S) groups is 1. The molecule has 0 radical (unpaired) electrons. The summed E-state index contributed by atoms with van der Waals surface area (Å²) in [6.07, 6.45) is 5.84. The van der Waals surface area contributed by atoms with Gasteiger partial charge in [0, 0.05) is 29.5 Å². The molecule has 0 bridgehead atoms. The fourth-order valence-corrected chi connectivity index (χ4v) is 3.83. The lowest BCUT2D eigenvalue weighted by Gasteiger charge is -2.35. The van der Waals surface area contributed by atoms with Gasteiger partial charge in [-0.05, 0) is 87.3 Å². The molecule has 160 valence electrons. The van der Waals surface area contributed by atoms with Crippen LogP contribution in [-0.2, 0) is 0 Å². The molecule has 0 aromatic heterocycles. The molecule has 2 aromatic rings. The van der Waals surface area contributed by atoms with E-state index in [2.05, 4.69) is 41.5 Å². The number of anilines is 2. The number of hydrogen-bond donors (Lipinski definition) is 2. The summed E-state index contributed by atoms with van der Waals surface area (Å²) < 4.78 is 5.67. The standard InChI is InChI=1S/C24H31N3O2S/c1-3-4-16-29-22-10-7-9-19(17-22)23(28)26-24(30)25-20-11-13-21(14-12-20)27-15-6-5-8-18(27)2/h7,9-14,17-18H,3-6,8,15-16H2,1-2H3,(H2,25,26,28,30). The van der Waals surface area contributed by atoms with Crippen LogP contribution >= 0.6 is 12.2 Å². The van der Waals surface area contributed by atoms with Gasteiger partial charge in [-0.25, -0.2) is 0 Å². The molecule has 3 rings (SSSR count). The van der Waals surface area contributed by atoms with Crippen LogP contribution in [0.2, 0.25) is 0 Å². The minimum Gasteiger partial charge on any atom is -0.494 e. The van der Waals surface area contributed by atoms with Crippen molar-refractivity contribution < 1.29 is 9.53 Å². The van der Waals surface area contributed by atoms with Gasteiger partial charge in [0.2, 0.25) is 0 Å². The zero-order valence-corrected chi connectivity index (χ0v) is 18.6. The minimum absolute atomic E-state index is 0.257. The molecule has 1 saturated heterocycles. The van der Waals surface area contributed by atoms with Gasteiger partial charge in [-0.1, -0.05) is 19.4 Å². The molecule has 1 amide bonds. The van der Waals surface area contributed by atoms with Gasteiger partial charge < -0.3 is 15.0 Å². The predicted octanol–water partition coefficient (Wildman–Crippen LogP) is 5.37. The van der Waals surface area contributed by atoms with Gasteiger partial charge in [-0.2, -0.15) is 0 Å². The SMILES string of the molecule is CCCCOc1cccc(C(=O)NC(=S)Nc2ccc(N3CCCCC3C)cc2)c1. The molecule has 1 atom stereocenters. The maximum atomic E-state index is 12.5. The van der Waals surface area contributed by atoms with Gasteiger partial charge in [0.05, 0.1) is 6.61 Å². The van der Waals surface area contributed by atoms with Crippen molar-refractivity contribution >= 4 is 34.6 Å². The van der Waals surface area contributed by atoms with E-state index in [0.717, 1.165) is 25.1 Å². The molecule has 1 aliphatic heterocycles. The van der Waals surface area contributed by atoms with E-state index < -0.39 is 0 Å². The van der Waals surface area contributed by atoms with Crippen LogP contribution in [-0.4, -0.2) is 30.2 Å². The van der Waals surface area contributed by atoms with Gasteiger partial charge in [0.1, 0.15) is 5.75 Å². The predicted molar refractivity (Wildman–Crippen MR) is 128 cm³/mol. The number of rotatable bonds is 7. The molecular formula is C24H31N3O2S. The van der Waals surface area contributed by atoms with Gasteiger partial charge in [-0.3, -0.25) is 10.1 Å². The Morgan fingerprint density at radius 1 is 1.20 bits per heavy atom. The molecule has 0 spiro atoms. The second-order valence-electron chi connectivity index (χ2n) is 7.72. The number of carbonyl (C=O) groups is 1. The second-order valence-corrected chi connectivity index (χ2v) is 8.13. The van der Waals surface area contributed by atoms with Crippen molar-refractivity contribution in [1.82, 2.24) is 5.32 Å². The summed E-state index contributed by atoms with van der Waals surface area (Å²) in [5, 5.41) is 6.10. The molecule has 1 fully saturated rings. The molecule has 0 aliphatic carbocycles. The van der Waals surface area contributed by atoms with Crippen molar-refractivity contribution in [3.8, 4) is 5.75 Å². The Hall–Kier alpha value is -2.60. The third-order valence-corrected chi connectivity index (χ3v) is 5.55. The van der Waals surface area contributed by atoms with Gasteiger partial charge in [0.15, 0.2) is 5.11 Å². The lowest BCUT2D eigenvalue weighted by Crippen LogP contribution is -2.37. The molecule has 0 saturated carbocycles. The highest BCUT2D eigenvalue weighted by Gasteiger charge is 2.18. The lowest BCUT2D eigenvalue weighted by molar-refractivity contribution is 0.0977. The van der Waals surface area contributed by atoms with E-state index in [4.69, 9.17) is 17.0 Å². The van der Waals surface area contributed by atoms with Crippen LogP contribution in [0, 0.1) is 0 Å². The number of nitrogens with zero attached hydrogens (tertiary/aromatic N) is 1. The molecule has 5 nitrogen and oxygen atoms in total. The molecular weight excluding hydrogens is 394 g/mol. The first kappa shape index (κ1) is 22.1. The maximum Gasteiger partial charge on any atom is 0.257 e. The first-order valence-electron chi connectivity index (χ1n) is 10.8. The van der Waals surface area contributed by atoms with Crippen molar-refractivity contribution in [3.63, 3.8) is 0 Å². The number of amides is 1. The number of hydrogen-bond acceptors (Lipinski definition) is 4. The Morgan fingerprint density at radius 3 is 2.73 bits per heavy atom. The second kappa shape index (κ2) is 11.0. The summed E-state index contributed by atoms with van der Waals surface area (Å²) in [7, 11) is 0. The normalized spacial score (nSPS) is 16.1. The fourth-order valence-electron chi connectivity index (χ4n) is 3.62. The van der Waals surface area contributed by atoms with Crippen molar-refractivity contribution in [2.24, 2.45) is 0 Å². The summed E-state index contributed by atoms with van der Waals surface area (Å²) in [5.41, 5.74) is 2.59. The first-order chi connectivity index (χ1) is 14.6. The number of unbranched alkanes of at least 4 members (excludes halogenated alkanes) is 1. The Morgan fingerprint density at radius 2 is 2.00 bits per heavy atom. The van der Waals surface area contributed by atoms with Crippen molar-refractivity contribution in [1.29, 1.82) is 0 Å². The molecule has 30 heavy (non-hydrogen) atoms. The average Bonchev–Trinajstić information content (AvgIpc) is 2.75. The van der Waals surface area contributed by atoms with Crippen LogP contribution < -0.4 is 20.3 Å². The van der Waals surface area contributed by atoms with Crippen molar-refractivity contribution in [2.75, 3.05) is 23.4 Å². The fraction of sp³-hybridized carbons (Fsp3) is 0.417. The van der Waals surface area contributed by atoms with Gasteiger partial charge in [-0.15, -0.1) is 0 Å². The Bertz CT molecular complexity index is 854. The monoisotopic (exact) mass is 425 g/mol. The van der Waals surface area contributed by atoms with Gasteiger partial charge >= 0.3 is 0 Å². The van der Waals surface area contributed by atoms with Gasteiger partial charge in [0.25, 0.3) is 5.91 Å². The third kappa shape index (κ3) is 6.20. The minimum atomic E-state index is -0.257. The maximum absolute atomic E-state index is 12.5. The first-order valence-corrected chi connectivity index (χ1v) is 11.2. The average molecular weight is 426 g/mol. The molecule has 6 heteroatoms.